The van der Waals surface area contributed by atoms with Crippen LogP contribution in [-0.2, 0) is 19.6 Å². The normalized spacial score (nSPS) is 11.5. The maximum Gasteiger partial charge on any atom is 0.191 e. The van der Waals surface area contributed by atoms with E-state index in [9.17, 15) is 8.78 Å². The molecule has 6 nitrogen and oxygen atoms in total. The molecule has 0 atom stereocenters. The number of aliphatic imine (C=N–C) groups is 1. The molecule has 0 aliphatic heterocycles. The lowest BCUT2D eigenvalue weighted by molar-refractivity contribution is 0.581. The first-order chi connectivity index (χ1) is 13.6. The van der Waals surface area contributed by atoms with Crippen molar-refractivity contribution in [3.05, 3.63) is 83.4 Å². The molecule has 0 spiro atoms. The van der Waals surface area contributed by atoms with Crippen LogP contribution < -0.4 is 10.6 Å². The van der Waals surface area contributed by atoms with E-state index in [-0.39, 0.29) is 12.1 Å². The Morgan fingerprint density at radius 1 is 1.11 bits per heavy atom. The summed E-state index contributed by atoms with van der Waals surface area (Å²) in [6.07, 6.45) is 3.17. The molecule has 0 fully saturated rings. The van der Waals surface area contributed by atoms with E-state index in [4.69, 9.17) is 0 Å². The zero-order chi connectivity index (χ0) is 19.8. The second-order valence-electron chi connectivity index (χ2n) is 6.20. The van der Waals surface area contributed by atoms with Crippen LogP contribution in [0.2, 0.25) is 0 Å². The highest BCUT2D eigenvalue weighted by molar-refractivity contribution is 5.79. The zero-order valence-corrected chi connectivity index (χ0v) is 15.6. The van der Waals surface area contributed by atoms with Crippen molar-refractivity contribution in [2.45, 2.75) is 26.6 Å². The van der Waals surface area contributed by atoms with Gasteiger partial charge in [0.15, 0.2) is 5.96 Å². The summed E-state index contributed by atoms with van der Waals surface area (Å²) in [7, 11) is 0. The Bertz CT molecular complexity index is 924. The Morgan fingerprint density at radius 2 is 1.96 bits per heavy atom. The lowest BCUT2D eigenvalue weighted by Gasteiger charge is -2.12. The molecule has 0 aliphatic rings. The average molecular weight is 384 g/mol. The largest absolute Gasteiger partial charge is 0.357 e. The van der Waals surface area contributed by atoms with Crippen LogP contribution in [0.15, 0.2) is 60.1 Å². The van der Waals surface area contributed by atoms with E-state index in [1.165, 1.54) is 12.4 Å². The number of halogens is 2. The Hall–Kier alpha value is -3.29. The molecule has 3 aromatic rings. The minimum absolute atomic E-state index is 0.141. The van der Waals surface area contributed by atoms with E-state index in [0.29, 0.717) is 25.6 Å². The van der Waals surface area contributed by atoms with Gasteiger partial charge in [-0.05, 0) is 36.2 Å². The lowest BCUT2D eigenvalue weighted by atomic mass is 10.1. The van der Waals surface area contributed by atoms with Gasteiger partial charge in [-0.1, -0.05) is 24.3 Å². The molecular weight excluding hydrogens is 362 g/mol. The third kappa shape index (κ3) is 5.60. The van der Waals surface area contributed by atoms with Gasteiger partial charge in [-0.25, -0.2) is 23.4 Å². The van der Waals surface area contributed by atoms with Gasteiger partial charge in [0, 0.05) is 18.7 Å². The van der Waals surface area contributed by atoms with Gasteiger partial charge in [-0.15, -0.1) is 0 Å². The zero-order valence-electron chi connectivity index (χ0n) is 15.6. The predicted octanol–water partition coefficient (Wildman–Crippen LogP) is 2.86. The monoisotopic (exact) mass is 384 g/mol. The fourth-order valence-corrected chi connectivity index (χ4v) is 2.70. The highest BCUT2D eigenvalue weighted by Crippen LogP contribution is 2.10. The summed E-state index contributed by atoms with van der Waals surface area (Å²) in [4.78, 5) is 8.47. The minimum atomic E-state index is -0.468. The third-order valence-corrected chi connectivity index (χ3v) is 4.02. The van der Waals surface area contributed by atoms with E-state index in [1.54, 1.807) is 11.0 Å². The van der Waals surface area contributed by atoms with Crippen LogP contribution in [0.1, 0.15) is 23.6 Å². The van der Waals surface area contributed by atoms with Gasteiger partial charge in [0.05, 0.1) is 13.1 Å². The number of hydrogen-bond donors (Lipinski definition) is 2. The van der Waals surface area contributed by atoms with E-state index < -0.39 is 11.6 Å². The molecule has 28 heavy (non-hydrogen) atoms. The maximum absolute atomic E-state index is 13.8. The standard InChI is InChI=1S/C20H22F2N6/c1-2-24-20(26-11-17-9-18(21)6-7-19(17)22)25-10-15-4-3-5-16(8-15)12-28-14-23-13-27-28/h3-9,13-14H,2,10-12H2,1H3,(H2,24,25,26). The Kier molecular flexibility index (Phi) is 6.67. The van der Waals surface area contributed by atoms with E-state index >= 15 is 0 Å². The van der Waals surface area contributed by atoms with Gasteiger partial charge in [-0.3, -0.25) is 0 Å². The molecule has 3 rings (SSSR count). The lowest BCUT2D eigenvalue weighted by Crippen LogP contribution is -2.37. The summed E-state index contributed by atoms with van der Waals surface area (Å²) in [5.41, 5.74) is 2.38. The second kappa shape index (κ2) is 9.59. The highest BCUT2D eigenvalue weighted by atomic mass is 19.1. The van der Waals surface area contributed by atoms with Crippen LogP contribution in [0.3, 0.4) is 0 Å². The fraction of sp³-hybridized carbons (Fsp3) is 0.250. The smallest absolute Gasteiger partial charge is 0.191 e. The average Bonchev–Trinajstić information content (AvgIpc) is 3.20. The molecule has 8 heteroatoms. The Morgan fingerprint density at radius 3 is 2.75 bits per heavy atom. The number of nitrogens with one attached hydrogen (secondary N) is 2. The summed E-state index contributed by atoms with van der Waals surface area (Å²) in [6, 6.07) is 11.4. The summed E-state index contributed by atoms with van der Waals surface area (Å²) in [5.74, 6) is -0.386. The van der Waals surface area contributed by atoms with Crippen molar-refractivity contribution in [2.75, 3.05) is 6.54 Å². The van der Waals surface area contributed by atoms with Gasteiger partial charge < -0.3 is 10.6 Å². The molecule has 1 aromatic heterocycles. The second-order valence-corrected chi connectivity index (χ2v) is 6.20. The van der Waals surface area contributed by atoms with Crippen LogP contribution in [0.25, 0.3) is 0 Å². The topological polar surface area (TPSA) is 67.1 Å². The van der Waals surface area contributed by atoms with Crippen LogP contribution in [-0.4, -0.2) is 27.3 Å². The minimum Gasteiger partial charge on any atom is -0.357 e. The molecule has 0 bridgehead atoms. The molecule has 0 saturated heterocycles. The summed E-state index contributed by atoms with van der Waals surface area (Å²) in [5, 5.41) is 10.3. The quantitative estimate of drug-likeness (QED) is 0.486. The van der Waals surface area contributed by atoms with Gasteiger partial charge in [0.25, 0.3) is 0 Å². The van der Waals surface area contributed by atoms with Crippen LogP contribution in [0.4, 0.5) is 8.78 Å². The Balaban J connectivity index is 1.64. The van der Waals surface area contributed by atoms with Gasteiger partial charge in [0.2, 0.25) is 0 Å². The first kappa shape index (κ1) is 19.5. The number of hydrogen-bond acceptors (Lipinski definition) is 3. The number of nitrogens with zero attached hydrogens (tertiary/aromatic N) is 4. The van der Waals surface area contributed by atoms with Crippen LogP contribution in [0.5, 0.6) is 0 Å². The van der Waals surface area contributed by atoms with Crippen molar-refractivity contribution in [3.63, 3.8) is 0 Å². The van der Waals surface area contributed by atoms with Crippen molar-refractivity contribution in [1.29, 1.82) is 0 Å². The molecule has 0 unspecified atom stereocenters. The first-order valence-electron chi connectivity index (χ1n) is 9.00. The van der Waals surface area contributed by atoms with Crippen molar-refractivity contribution >= 4 is 5.96 Å². The van der Waals surface area contributed by atoms with Crippen molar-refractivity contribution in [1.82, 2.24) is 25.4 Å². The van der Waals surface area contributed by atoms with E-state index in [0.717, 1.165) is 23.3 Å². The van der Waals surface area contributed by atoms with Crippen molar-refractivity contribution < 1.29 is 8.78 Å². The SMILES string of the molecule is CCNC(=NCc1cccc(Cn2cncn2)c1)NCc1cc(F)ccc1F. The van der Waals surface area contributed by atoms with E-state index in [1.807, 2.05) is 25.1 Å². The third-order valence-electron chi connectivity index (χ3n) is 4.02. The molecule has 2 N–H and O–H groups in total. The van der Waals surface area contributed by atoms with Crippen molar-refractivity contribution in [3.8, 4) is 0 Å². The molecule has 1 heterocycles. The number of guanidine groups is 1. The predicted molar refractivity (Wildman–Crippen MR) is 104 cm³/mol. The molecular formula is C20H22F2N6. The number of rotatable bonds is 7. The number of aromatic nitrogens is 3. The fourth-order valence-electron chi connectivity index (χ4n) is 2.70. The van der Waals surface area contributed by atoms with E-state index in [2.05, 4.69) is 31.8 Å². The highest BCUT2D eigenvalue weighted by Gasteiger charge is 2.05. The summed E-state index contributed by atoms with van der Waals surface area (Å²) < 4.78 is 28.8. The van der Waals surface area contributed by atoms with Crippen molar-refractivity contribution in [2.24, 2.45) is 4.99 Å². The molecule has 0 radical (unpaired) electrons. The first-order valence-corrected chi connectivity index (χ1v) is 9.00. The van der Waals surface area contributed by atoms with Crippen LogP contribution >= 0.6 is 0 Å². The van der Waals surface area contributed by atoms with Gasteiger partial charge >= 0.3 is 0 Å². The molecule has 146 valence electrons. The number of benzene rings is 2. The summed E-state index contributed by atoms with van der Waals surface area (Å²) in [6.45, 7) is 3.82. The Labute approximate surface area is 162 Å². The van der Waals surface area contributed by atoms with Gasteiger partial charge in [-0.2, -0.15) is 5.10 Å². The molecule has 0 amide bonds. The molecule has 0 saturated carbocycles. The maximum atomic E-state index is 13.8. The molecule has 2 aromatic carbocycles. The van der Waals surface area contributed by atoms with Crippen LogP contribution in [0, 0.1) is 11.6 Å². The summed E-state index contributed by atoms with van der Waals surface area (Å²) >= 11 is 0. The molecule has 0 aliphatic carbocycles. The van der Waals surface area contributed by atoms with Gasteiger partial charge in [0.1, 0.15) is 24.3 Å².